The van der Waals surface area contributed by atoms with Crippen molar-refractivity contribution in [1.82, 2.24) is 14.5 Å². The van der Waals surface area contributed by atoms with Gasteiger partial charge in [0.15, 0.2) is 5.75 Å². The molecule has 0 spiro atoms. The van der Waals surface area contributed by atoms with Crippen molar-refractivity contribution in [2.45, 2.75) is 12.7 Å². The summed E-state index contributed by atoms with van der Waals surface area (Å²) in [6.45, 7) is -0.414. The Bertz CT molecular complexity index is 1360. The summed E-state index contributed by atoms with van der Waals surface area (Å²) >= 11 is 0. The van der Waals surface area contributed by atoms with E-state index in [4.69, 9.17) is 4.74 Å². The number of aromatic nitrogens is 3. The lowest BCUT2D eigenvalue weighted by atomic mass is 10.1. The molecule has 0 saturated heterocycles. The SMILES string of the molecule is O=c1ncn(Cc2c(F)cc(F)cc2F)c2ccc(Oc3cnccc3C(F)(F)F)cc12. The quantitative estimate of drug-likeness (QED) is 0.407. The first-order valence-corrected chi connectivity index (χ1v) is 8.95. The van der Waals surface area contributed by atoms with Crippen LogP contribution in [-0.4, -0.2) is 14.5 Å². The number of alkyl halides is 3. The highest BCUT2D eigenvalue weighted by molar-refractivity contribution is 5.79. The predicted molar refractivity (Wildman–Crippen MR) is 101 cm³/mol. The van der Waals surface area contributed by atoms with E-state index in [1.165, 1.54) is 16.7 Å². The van der Waals surface area contributed by atoms with Crippen LogP contribution in [0.25, 0.3) is 10.9 Å². The highest BCUT2D eigenvalue weighted by atomic mass is 19.4. The normalized spacial score (nSPS) is 11.7. The second-order valence-corrected chi connectivity index (χ2v) is 6.68. The van der Waals surface area contributed by atoms with Crippen molar-refractivity contribution in [3.05, 3.63) is 94.1 Å². The van der Waals surface area contributed by atoms with Gasteiger partial charge >= 0.3 is 6.18 Å². The maximum Gasteiger partial charge on any atom is 0.420 e. The van der Waals surface area contributed by atoms with Gasteiger partial charge in [0.05, 0.1) is 30.0 Å². The Hall–Kier alpha value is -3.89. The zero-order valence-electron chi connectivity index (χ0n) is 15.8. The van der Waals surface area contributed by atoms with Crippen LogP contribution in [0, 0.1) is 17.5 Å². The molecule has 2 heterocycles. The lowest BCUT2D eigenvalue weighted by molar-refractivity contribution is -0.138. The zero-order chi connectivity index (χ0) is 23.0. The van der Waals surface area contributed by atoms with Crippen molar-refractivity contribution in [1.29, 1.82) is 0 Å². The third-order valence-electron chi connectivity index (χ3n) is 4.57. The first-order chi connectivity index (χ1) is 15.1. The second kappa shape index (κ2) is 7.98. The molecule has 2 aromatic heterocycles. The van der Waals surface area contributed by atoms with Gasteiger partial charge in [-0.3, -0.25) is 9.78 Å². The molecule has 0 N–H and O–H groups in total. The van der Waals surface area contributed by atoms with E-state index in [-0.39, 0.29) is 16.7 Å². The van der Waals surface area contributed by atoms with Gasteiger partial charge in [-0.1, -0.05) is 0 Å². The molecule has 4 rings (SSSR count). The maximum absolute atomic E-state index is 14.0. The van der Waals surface area contributed by atoms with Crippen LogP contribution in [0.1, 0.15) is 11.1 Å². The van der Waals surface area contributed by atoms with E-state index < -0.39 is 52.6 Å². The second-order valence-electron chi connectivity index (χ2n) is 6.68. The Morgan fingerprint density at radius 3 is 2.41 bits per heavy atom. The van der Waals surface area contributed by atoms with Gasteiger partial charge < -0.3 is 9.30 Å². The van der Waals surface area contributed by atoms with E-state index in [1.54, 1.807) is 0 Å². The number of benzene rings is 2. The molecule has 4 aromatic rings. The number of nitrogens with zero attached hydrogens (tertiary/aromatic N) is 3. The van der Waals surface area contributed by atoms with Gasteiger partial charge in [-0.2, -0.15) is 18.2 Å². The highest BCUT2D eigenvalue weighted by Crippen LogP contribution is 2.37. The summed E-state index contributed by atoms with van der Waals surface area (Å²) in [6, 6.07) is 5.56. The van der Waals surface area contributed by atoms with Crippen LogP contribution in [0.4, 0.5) is 26.3 Å². The van der Waals surface area contributed by atoms with Gasteiger partial charge in [-0.25, -0.2) is 13.2 Å². The van der Waals surface area contributed by atoms with Crippen molar-refractivity contribution < 1.29 is 31.1 Å². The fourth-order valence-electron chi connectivity index (χ4n) is 3.10. The number of hydrogen-bond donors (Lipinski definition) is 0. The molecule has 0 bridgehead atoms. The fraction of sp³-hybridized carbons (Fsp3) is 0.0952. The van der Waals surface area contributed by atoms with Gasteiger partial charge in [0.2, 0.25) is 0 Å². The maximum atomic E-state index is 14.0. The Morgan fingerprint density at radius 1 is 1.00 bits per heavy atom. The van der Waals surface area contributed by atoms with Gasteiger partial charge in [-0.15, -0.1) is 0 Å². The van der Waals surface area contributed by atoms with Crippen LogP contribution in [0.5, 0.6) is 11.5 Å². The van der Waals surface area contributed by atoms with Gasteiger partial charge in [0.25, 0.3) is 5.56 Å². The summed E-state index contributed by atoms with van der Waals surface area (Å²) in [7, 11) is 0. The lowest BCUT2D eigenvalue weighted by Gasteiger charge is -2.14. The lowest BCUT2D eigenvalue weighted by Crippen LogP contribution is -2.14. The average Bonchev–Trinajstić information content (AvgIpc) is 2.72. The van der Waals surface area contributed by atoms with E-state index in [0.29, 0.717) is 12.1 Å². The van der Waals surface area contributed by atoms with Gasteiger partial charge in [-0.05, 0) is 24.3 Å². The average molecular weight is 451 g/mol. The number of halogens is 6. The number of rotatable bonds is 4. The summed E-state index contributed by atoms with van der Waals surface area (Å²) in [4.78, 5) is 19.5. The molecule has 0 fully saturated rings. The Kier molecular flexibility index (Phi) is 5.33. The van der Waals surface area contributed by atoms with Crippen molar-refractivity contribution in [2.24, 2.45) is 0 Å². The van der Waals surface area contributed by atoms with E-state index >= 15 is 0 Å². The highest BCUT2D eigenvalue weighted by Gasteiger charge is 2.34. The van der Waals surface area contributed by atoms with Gasteiger partial charge in [0, 0.05) is 23.9 Å². The molecule has 0 amide bonds. The first kappa shape index (κ1) is 21.3. The minimum absolute atomic E-state index is 0.0645. The molecule has 0 radical (unpaired) electrons. The molecule has 0 unspecified atom stereocenters. The van der Waals surface area contributed by atoms with Crippen LogP contribution < -0.4 is 10.3 Å². The molecule has 0 atom stereocenters. The summed E-state index contributed by atoms with van der Waals surface area (Å²) in [6.07, 6.45) is -1.79. The van der Waals surface area contributed by atoms with Crippen molar-refractivity contribution in [3.8, 4) is 11.5 Å². The Morgan fingerprint density at radius 2 is 1.72 bits per heavy atom. The smallest absolute Gasteiger partial charge is 0.420 e. The predicted octanol–water partition coefficient (Wildman–Crippen LogP) is 5.07. The summed E-state index contributed by atoms with van der Waals surface area (Å²) in [5.74, 6) is -4.00. The zero-order valence-corrected chi connectivity index (χ0v) is 15.8. The number of ether oxygens (including phenoxy) is 1. The van der Waals surface area contributed by atoms with Crippen LogP contribution in [0.3, 0.4) is 0 Å². The third kappa shape index (κ3) is 4.13. The monoisotopic (exact) mass is 451 g/mol. The van der Waals surface area contributed by atoms with E-state index in [2.05, 4.69) is 9.97 Å². The topological polar surface area (TPSA) is 57.0 Å². The fourth-order valence-corrected chi connectivity index (χ4v) is 3.10. The van der Waals surface area contributed by atoms with Crippen LogP contribution in [0.2, 0.25) is 0 Å². The van der Waals surface area contributed by atoms with Crippen LogP contribution >= 0.6 is 0 Å². The van der Waals surface area contributed by atoms with Crippen LogP contribution in [-0.2, 0) is 12.7 Å². The third-order valence-corrected chi connectivity index (χ3v) is 4.57. The number of fused-ring (bicyclic) bond motifs is 1. The molecule has 2 aromatic carbocycles. The van der Waals surface area contributed by atoms with E-state index in [1.807, 2.05) is 0 Å². The van der Waals surface area contributed by atoms with Gasteiger partial charge in [0.1, 0.15) is 28.8 Å². The van der Waals surface area contributed by atoms with Crippen molar-refractivity contribution >= 4 is 10.9 Å². The summed E-state index contributed by atoms with van der Waals surface area (Å²) in [5, 5.41) is -0.0645. The van der Waals surface area contributed by atoms with E-state index in [0.717, 1.165) is 30.9 Å². The molecule has 0 aliphatic rings. The van der Waals surface area contributed by atoms with Crippen molar-refractivity contribution in [2.75, 3.05) is 0 Å². The number of pyridine rings is 1. The molecular formula is C21H11F6N3O2. The largest absolute Gasteiger partial charge is 0.455 e. The van der Waals surface area contributed by atoms with Crippen molar-refractivity contribution in [3.63, 3.8) is 0 Å². The molecule has 0 aliphatic heterocycles. The summed E-state index contributed by atoms with van der Waals surface area (Å²) in [5.41, 5.74) is -2.06. The van der Waals surface area contributed by atoms with E-state index in [9.17, 15) is 31.1 Å². The van der Waals surface area contributed by atoms with Crippen LogP contribution in [0.15, 0.2) is 59.9 Å². The molecule has 0 aliphatic carbocycles. The molecule has 32 heavy (non-hydrogen) atoms. The Labute approximate surface area is 175 Å². The standard InChI is InChI=1S/C21H11F6N3O2/c22-11-5-16(23)14(17(24)6-11)9-30-10-29-20(31)13-7-12(1-2-18(13)30)32-19-8-28-4-3-15(19)21(25,26)27/h1-8,10H,9H2. The number of hydrogen-bond acceptors (Lipinski definition) is 4. The summed E-state index contributed by atoms with van der Waals surface area (Å²) < 4.78 is 87.2. The molecule has 164 valence electrons. The first-order valence-electron chi connectivity index (χ1n) is 8.95. The molecule has 0 saturated carbocycles. The minimum Gasteiger partial charge on any atom is -0.455 e. The Balaban J connectivity index is 1.74. The molecule has 11 heteroatoms. The molecule has 5 nitrogen and oxygen atoms in total. The minimum atomic E-state index is -4.69. The molecular weight excluding hydrogens is 440 g/mol.